The Hall–Kier alpha value is -1.26. The highest BCUT2D eigenvalue weighted by molar-refractivity contribution is 6.35. The molecule has 0 N–H and O–H groups in total. The summed E-state index contributed by atoms with van der Waals surface area (Å²) in [6, 6.07) is 4.49. The molecule has 0 aromatic heterocycles. The number of ether oxygens (including phenoxy) is 2. The predicted molar refractivity (Wildman–Crippen MR) is 68.2 cm³/mol. The van der Waals surface area contributed by atoms with E-state index in [0.717, 1.165) is 0 Å². The number of hydrogen-bond donors (Lipinski definition) is 0. The van der Waals surface area contributed by atoms with Gasteiger partial charge >= 0.3 is 5.97 Å². The van der Waals surface area contributed by atoms with E-state index in [-0.39, 0.29) is 17.4 Å². The lowest BCUT2D eigenvalue weighted by Crippen LogP contribution is -2.35. The predicted octanol–water partition coefficient (Wildman–Crippen LogP) is 2.89. The van der Waals surface area contributed by atoms with Crippen molar-refractivity contribution in [2.24, 2.45) is 0 Å². The molecule has 0 radical (unpaired) electrons. The van der Waals surface area contributed by atoms with E-state index in [2.05, 4.69) is 0 Å². The van der Waals surface area contributed by atoms with Gasteiger partial charge in [-0.3, -0.25) is 4.79 Å². The molecule has 0 aliphatic rings. The maximum Gasteiger partial charge on any atom is 0.355 e. The minimum Gasteiger partial charge on any atom is -0.469 e. The summed E-state index contributed by atoms with van der Waals surface area (Å²) in [4.78, 5) is 22.9. The van der Waals surface area contributed by atoms with Crippen molar-refractivity contribution in [2.45, 2.75) is 20.0 Å². The summed E-state index contributed by atoms with van der Waals surface area (Å²) in [7, 11) is 0. The molecule has 0 heterocycles. The van der Waals surface area contributed by atoms with Gasteiger partial charge in [-0.2, -0.15) is 0 Å². The van der Waals surface area contributed by atoms with Crippen LogP contribution in [0, 0.1) is 0 Å². The lowest BCUT2D eigenvalue weighted by atomic mass is 10.2. The summed E-state index contributed by atoms with van der Waals surface area (Å²) in [6.45, 7) is 3.05. The van der Waals surface area contributed by atoms with E-state index in [9.17, 15) is 9.59 Å². The second-order valence-corrected chi connectivity index (χ2v) is 4.28. The van der Waals surface area contributed by atoms with Crippen LogP contribution >= 0.6 is 23.2 Å². The highest BCUT2D eigenvalue weighted by atomic mass is 35.5. The van der Waals surface area contributed by atoms with Gasteiger partial charge in [0.2, 0.25) is 0 Å². The van der Waals surface area contributed by atoms with Crippen LogP contribution in [0.5, 0.6) is 5.75 Å². The Morgan fingerprint density at radius 1 is 1.33 bits per heavy atom. The minimum atomic E-state index is -1.32. The van der Waals surface area contributed by atoms with Crippen LogP contribution in [0.1, 0.15) is 13.8 Å². The number of Topliss-reactive ketones (excluding diaryl/α,β-unsaturated/α-hetero) is 1. The Morgan fingerprint density at radius 3 is 2.50 bits per heavy atom. The summed E-state index contributed by atoms with van der Waals surface area (Å²) >= 11 is 11.6. The van der Waals surface area contributed by atoms with Crippen molar-refractivity contribution in [1.29, 1.82) is 0 Å². The monoisotopic (exact) mass is 290 g/mol. The molecule has 0 saturated carbocycles. The Bertz CT molecular complexity index is 459. The van der Waals surface area contributed by atoms with Crippen molar-refractivity contribution in [3.8, 4) is 5.75 Å². The van der Waals surface area contributed by atoms with Gasteiger partial charge in [-0.05, 0) is 32.0 Å². The Morgan fingerprint density at radius 2 is 2.00 bits per heavy atom. The van der Waals surface area contributed by atoms with Crippen LogP contribution in [0.15, 0.2) is 18.2 Å². The van der Waals surface area contributed by atoms with E-state index < -0.39 is 17.9 Å². The van der Waals surface area contributed by atoms with Gasteiger partial charge in [0.1, 0.15) is 5.75 Å². The summed E-state index contributed by atoms with van der Waals surface area (Å²) in [6.07, 6.45) is -1.32. The molecule has 4 nitrogen and oxygen atoms in total. The van der Waals surface area contributed by atoms with Crippen LogP contribution < -0.4 is 4.74 Å². The molecule has 1 aromatic carbocycles. The maximum absolute atomic E-state index is 11.5. The smallest absolute Gasteiger partial charge is 0.355 e. The quantitative estimate of drug-likeness (QED) is 0.618. The lowest BCUT2D eigenvalue weighted by Gasteiger charge is -2.15. The molecule has 0 aliphatic carbocycles. The van der Waals surface area contributed by atoms with Gasteiger partial charge in [-0.1, -0.05) is 23.2 Å². The van der Waals surface area contributed by atoms with Crippen molar-refractivity contribution in [3.63, 3.8) is 0 Å². The average molecular weight is 291 g/mol. The van der Waals surface area contributed by atoms with E-state index in [0.29, 0.717) is 5.02 Å². The number of halogens is 2. The third-order valence-corrected chi connectivity index (χ3v) is 2.54. The highest BCUT2D eigenvalue weighted by Gasteiger charge is 2.27. The second kappa shape index (κ2) is 6.61. The fraction of sp³-hybridized carbons (Fsp3) is 0.333. The molecule has 0 aliphatic heterocycles. The summed E-state index contributed by atoms with van der Waals surface area (Å²) in [5, 5.41) is 0.654. The zero-order valence-corrected chi connectivity index (χ0v) is 11.4. The fourth-order valence-corrected chi connectivity index (χ4v) is 1.67. The number of ketones is 1. The van der Waals surface area contributed by atoms with Crippen molar-refractivity contribution < 1.29 is 19.1 Å². The van der Waals surface area contributed by atoms with Gasteiger partial charge in [-0.25, -0.2) is 4.79 Å². The summed E-state index contributed by atoms with van der Waals surface area (Å²) < 4.78 is 10.0. The first-order valence-electron chi connectivity index (χ1n) is 5.24. The third kappa shape index (κ3) is 3.89. The van der Waals surface area contributed by atoms with Crippen molar-refractivity contribution >= 4 is 35.0 Å². The normalized spacial score (nSPS) is 11.8. The first-order chi connectivity index (χ1) is 8.45. The standard InChI is InChI=1S/C12H12Cl2O4/c1-3-17-12(16)11(7(2)15)18-10-5-4-8(13)6-9(10)14/h4-6,11H,3H2,1-2H3. The average Bonchev–Trinajstić information content (AvgIpc) is 2.27. The number of rotatable bonds is 5. The molecule has 0 amide bonds. The molecular weight excluding hydrogens is 279 g/mol. The molecule has 0 bridgehead atoms. The fourth-order valence-electron chi connectivity index (χ4n) is 1.21. The van der Waals surface area contributed by atoms with Gasteiger partial charge in [-0.15, -0.1) is 0 Å². The molecule has 6 heteroatoms. The van der Waals surface area contributed by atoms with Crippen LogP contribution in [0.3, 0.4) is 0 Å². The van der Waals surface area contributed by atoms with Crippen molar-refractivity contribution in [2.75, 3.05) is 6.61 Å². The molecule has 18 heavy (non-hydrogen) atoms. The van der Waals surface area contributed by atoms with E-state index >= 15 is 0 Å². The number of hydrogen-bond acceptors (Lipinski definition) is 4. The number of esters is 1. The molecule has 1 aromatic rings. The van der Waals surface area contributed by atoms with Gasteiger partial charge < -0.3 is 9.47 Å². The molecule has 1 rings (SSSR count). The molecule has 0 spiro atoms. The van der Waals surface area contributed by atoms with E-state index in [1.54, 1.807) is 13.0 Å². The minimum absolute atomic E-state index is 0.167. The topological polar surface area (TPSA) is 52.6 Å². The Balaban J connectivity index is 2.90. The summed E-state index contributed by atoms with van der Waals surface area (Å²) in [5.41, 5.74) is 0. The highest BCUT2D eigenvalue weighted by Crippen LogP contribution is 2.28. The van der Waals surface area contributed by atoms with E-state index in [1.165, 1.54) is 19.1 Å². The maximum atomic E-state index is 11.5. The number of carbonyl (C=O) groups is 2. The van der Waals surface area contributed by atoms with Gasteiger partial charge in [0.25, 0.3) is 6.10 Å². The first kappa shape index (κ1) is 14.8. The van der Waals surface area contributed by atoms with Crippen LogP contribution in [0.2, 0.25) is 10.0 Å². The molecule has 98 valence electrons. The molecule has 1 atom stereocenters. The van der Waals surface area contributed by atoms with Gasteiger partial charge in [0.05, 0.1) is 11.6 Å². The largest absolute Gasteiger partial charge is 0.469 e. The van der Waals surface area contributed by atoms with Crippen LogP contribution in [-0.4, -0.2) is 24.5 Å². The zero-order valence-electron chi connectivity index (χ0n) is 9.91. The number of benzene rings is 1. The SMILES string of the molecule is CCOC(=O)C(Oc1ccc(Cl)cc1Cl)C(C)=O. The molecule has 0 fully saturated rings. The Labute approximate surface area is 115 Å². The van der Waals surface area contributed by atoms with Crippen molar-refractivity contribution in [3.05, 3.63) is 28.2 Å². The number of carbonyl (C=O) groups excluding carboxylic acids is 2. The Kier molecular flexibility index (Phi) is 5.44. The van der Waals surface area contributed by atoms with Gasteiger partial charge in [0, 0.05) is 5.02 Å². The lowest BCUT2D eigenvalue weighted by molar-refractivity contribution is -0.154. The van der Waals surface area contributed by atoms with Crippen LogP contribution in [0.25, 0.3) is 0 Å². The third-order valence-electron chi connectivity index (χ3n) is 2.01. The molecule has 0 saturated heterocycles. The van der Waals surface area contributed by atoms with E-state index in [4.69, 9.17) is 32.7 Å². The first-order valence-corrected chi connectivity index (χ1v) is 6.00. The van der Waals surface area contributed by atoms with Gasteiger partial charge in [0.15, 0.2) is 5.78 Å². The zero-order chi connectivity index (χ0) is 13.7. The van der Waals surface area contributed by atoms with Crippen LogP contribution in [-0.2, 0) is 14.3 Å². The summed E-state index contributed by atoms with van der Waals surface area (Å²) in [5.74, 6) is -0.996. The van der Waals surface area contributed by atoms with Crippen LogP contribution in [0.4, 0.5) is 0 Å². The van der Waals surface area contributed by atoms with Crippen molar-refractivity contribution in [1.82, 2.24) is 0 Å². The van der Waals surface area contributed by atoms with E-state index in [1.807, 2.05) is 0 Å². The molecule has 1 unspecified atom stereocenters. The second-order valence-electron chi connectivity index (χ2n) is 3.44. The molecular formula is C12H12Cl2O4.